The van der Waals surface area contributed by atoms with Gasteiger partial charge in [0.2, 0.25) is 0 Å². The largest absolute Gasteiger partial charge is 0.513 e. The van der Waals surface area contributed by atoms with Crippen molar-refractivity contribution >= 4 is 0 Å². The predicted molar refractivity (Wildman–Crippen MR) is 34.8 cm³/mol. The molecule has 0 aromatic rings. The highest BCUT2D eigenvalue weighted by Crippen LogP contribution is 1.83. The average molecular weight is 164 g/mol. The van der Waals surface area contributed by atoms with Crippen LogP contribution in [0.1, 0.15) is 0 Å². The van der Waals surface area contributed by atoms with E-state index in [2.05, 4.69) is 10.6 Å². The first-order valence-corrected chi connectivity index (χ1v) is 2.74. The molecule has 0 aromatic heterocycles. The van der Waals surface area contributed by atoms with Crippen molar-refractivity contribution in [2.45, 2.75) is 6.29 Å². The summed E-state index contributed by atoms with van der Waals surface area (Å²) in [5, 5.41) is 24.4. The first-order valence-electron chi connectivity index (χ1n) is 2.74. The first kappa shape index (κ1) is 9.72. The summed E-state index contributed by atoms with van der Waals surface area (Å²) >= 11 is 0. The molecule has 0 radical (unpaired) electrons. The molecule has 64 valence electrons. The number of rotatable bonds is 5. The molecule has 8 nitrogen and oxygen atoms in total. The van der Waals surface area contributed by atoms with Gasteiger partial charge in [0.15, 0.2) is 0 Å². The van der Waals surface area contributed by atoms with Crippen LogP contribution in [0.2, 0.25) is 0 Å². The van der Waals surface area contributed by atoms with Crippen LogP contribution in [0.5, 0.6) is 0 Å². The Balaban J connectivity index is 3.90. The van der Waals surface area contributed by atoms with Gasteiger partial charge in [-0.3, -0.25) is 20.2 Å². The first-order chi connectivity index (χ1) is 5.09. The predicted octanol–water partition coefficient (Wildman–Crippen LogP) is -1.41. The summed E-state index contributed by atoms with van der Waals surface area (Å²) in [6.45, 7) is 0.0205. The van der Waals surface area contributed by atoms with Gasteiger partial charge in [-0.25, -0.2) is 0 Å². The zero-order chi connectivity index (χ0) is 8.85. The fourth-order valence-electron chi connectivity index (χ4n) is 0.419. The molecule has 0 saturated carbocycles. The monoisotopic (exact) mass is 164 g/mol. The normalized spacial score (nSPS) is 10.0. The van der Waals surface area contributed by atoms with E-state index >= 15 is 0 Å². The zero-order valence-corrected chi connectivity index (χ0v) is 5.81. The highest BCUT2D eigenvalue weighted by Gasteiger charge is 2.30. The van der Waals surface area contributed by atoms with Gasteiger partial charge in [-0.05, 0) is 7.05 Å². The van der Waals surface area contributed by atoms with Crippen molar-refractivity contribution in [1.29, 1.82) is 0 Å². The molecular formula is C3H8N4O4. The molecule has 0 fully saturated rings. The van der Waals surface area contributed by atoms with Gasteiger partial charge in [0, 0.05) is 0 Å². The minimum atomic E-state index is -1.93. The van der Waals surface area contributed by atoms with E-state index in [1.807, 2.05) is 0 Å². The van der Waals surface area contributed by atoms with Crippen molar-refractivity contribution in [3.05, 3.63) is 20.2 Å². The van der Waals surface area contributed by atoms with Gasteiger partial charge in [-0.1, -0.05) is 0 Å². The van der Waals surface area contributed by atoms with Gasteiger partial charge in [-0.15, -0.1) is 0 Å². The van der Waals surface area contributed by atoms with E-state index in [0.29, 0.717) is 0 Å². The summed E-state index contributed by atoms with van der Waals surface area (Å²) in [6.07, 6.45) is -1.93. The molecule has 0 aromatic carbocycles. The van der Waals surface area contributed by atoms with Gasteiger partial charge in [0.1, 0.15) is 9.85 Å². The number of nitrogens with zero attached hydrogens (tertiary/aromatic N) is 2. The summed E-state index contributed by atoms with van der Waals surface area (Å²) in [5.74, 6) is 0. The summed E-state index contributed by atoms with van der Waals surface area (Å²) in [7, 11) is 1.52. The van der Waals surface area contributed by atoms with Gasteiger partial charge >= 0.3 is 6.29 Å². The van der Waals surface area contributed by atoms with Crippen molar-refractivity contribution in [2.24, 2.45) is 0 Å². The summed E-state index contributed by atoms with van der Waals surface area (Å²) in [6, 6.07) is 0. The Morgan fingerprint density at radius 3 is 2.09 bits per heavy atom. The fraction of sp³-hybridized carbons (Fsp3) is 1.00. The average Bonchev–Trinajstić information content (AvgIpc) is 1.87. The molecule has 2 N–H and O–H groups in total. The van der Waals surface area contributed by atoms with Crippen molar-refractivity contribution in [2.75, 3.05) is 13.7 Å². The van der Waals surface area contributed by atoms with E-state index in [-0.39, 0.29) is 6.67 Å². The smallest absolute Gasteiger partial charge is 0.307 e. The van der Waals surface area contributed by atoms with E-state index < -0.39 is 16.1 Å². The van der Waals surface area contributed by atoms with Crippen LogP contribution in [-0.2, 0) is 0 Å². The highest BCUT2D eigenvalue weighted by molar-refractivity contribution is 4.37. The van der Waals surface area contributed by atoms with Crippen LogP contribution in [0.15, 0.2) is 0 Å². The molecule has 0 spiro atoms. The Hall–Kier alpha value is -1.28. The van der Waals surface area contributed by atoms with E-state index in [9.17, 15) is 20.2 Å². The van der Waals surface area contributed by atoms with E-state index in [1.54, 1.807) is 0 Å². The van der Waals surface area contributed by atoms with Crippen molar-refractivity contribution in [3.8, 4) is 0 Å². The second kappa shape index (κ2) is 4.52. The number of nitrogens with one attached hydrogen (secondary N) is 2. The molecule has 8 heteroatoms. The molecule has 0 aliphatic carbocycles. The summed E-state index contributed by atoms with van der Waals surface area (Å²) < 4.78 is 0. The molecule has 0 heterocycles. The molecule has 11 heavy (non-hydrogen) atoms. The topological polar surface area (TPSA) is 110 Å². The Morgan fingerprint density at radius 1 is 1.36 bits per heavy atom. The fourth-order valence-corrected chi connectivity index (χ4v) is 0.419. The quantitative estimate of drug-likeness (QED) is 0.293. The van der Waals surface area contributed by atoms with Gasteiger partial charge in [0.25, 0.3) is 0 Å². The molecule has 0 amide bonds. The number of hydrogen-bond donors (Lipinski definition) is 2. The Morgan fingerprint density at radius 2 is 1.82 bits per heavy atom. The molecule has 0 saturated heterocycles. The van der Waals surface area contributed by atoms with Crippen LogP contribution < -0.4 is 10.6 Å². The lowest BCUT2D eigenvalue weighted by Gasteiger charge is -2.02. The van der Waals surface area contributed by atoms with E-state index in [0.717, 1.165) is 0 Å². The lowest BCUT2D eigenvalue weighted by molar-refractivity contribution is -0.749. The lowest BCUT2D eigenvalue weighted by atomic mass is 10.8. The third-order valence-electron chi connectivity index (χ3n) is 0.861. The number of hydrogen-bond acceptors (Lipinski definition) is 6. The summed E-state index contributed by atoms with van der Waals surface area (Å²) in [4.78, 5) is 17.8. The van der Waals surface area contributed by atoms with Crippen LogP contribution in [0.4, 0.5) is 0 Å². The lowest BCUT2D eigenvalue weighted by Crippen LogP contribution is -2.46. The second-order valence-electron chi connectivity index (χ2n) is 1.68. The maximum atomic E-state index is 9.92. The van der Waals surface area contributed by atoms with Crippen LogP contribution in [0, 0.1) is 20.2 Å². The second-order valence-corrected chi connectivity index (χ2v) is 1.68. The van der Waals surface area contributed by atoms with Crippen molar-refractivity contribution in [1.82, 2.24) is 10.6 Å². The minimum absolute atomic E-state index is 0.0205. The molecule has 0 aliphatic heterocycles. The van der Waals surface area contributed by atoms with Crippen LogP contribution >= 0.6 is 0 Å². The Bertz CT molecular complexity index is 145. The minimum Gasteiger partial charge on any atom is -0.307 e. The highest BCUT2D eigenvalue weighted by atomic mass is 16.7. The van der Waals surface area contributed by atoms with Gasteiger partial charge in [-0.2, -0.15) is 5.32 Å². The van der Waals surface area contributed by atoms with Crippen LogP contribution in [0.3, 0.4) is 0 Å². The van der Waals surface area contributed by atoms with Gasteiger partial charge < -0.3 is 5.32 Å². The van der Waals surface area contributed by atoms with Gasteiger partial charge in [0.05, 0.1) is 6.67 Å². The van der Waals surface area contributed by atoms with Crippen molar-refractivity contribution < 1.29 is 9.85 Å². The van der Waals surface area contributed by atoms with E-state index in [4.69, 9.17) is 0 Å². The molecule has 0 bridgehead atoms. The van der Waals surface area contributed by atoms with Crippen LogP contribution in [-0.4, -0.2) is 29.9 Å². The number of nitro groups is 2. The Labute approximate surface area is 61.9 Å². The molecule has 0 unspecified atom stereocenters. The van der Waals surface area contributed by atoms with Crippen molar-refractivity contribution in [3.63, 3.8) is 0 Å². The molecule has 0 rings (SSSR count). The maximum absolute atomic E-state index is 9.92. The third-order valence-corrected chi connectivity index (χ3v) is 0.861. The molecule has 0 aliphatic rings. The maximum Gasteiger partial charge on any atom is 0.513 e. The zero-order valence-electron chi connectivity index (χ0n) is 5.81. The third kappa shape index (κ3) is 3.43. The molecular weight excluding hydrogens is 156 g/mol. The Kier molecular flexibility index (Phi) is 4.00. The standard InChI is InChI=1S/C3H8N4O4/c1-4-2-5-3(6(8)9)7(10)11/h3-5H,2H2,1H3. The summed E-state index contributed by atoms with van der Waals surface area (Å²) in [5.41, 5.74) is 0. The van der Waals surface area contributed by atoms with Crippen LogP contribution in [0.25, 0.3) is 0 Å². The SMILES string of the molecule is CNCNC([N+](=O)[O-])[N+](=O)[O-]. The molecule has 0 atom stereocenters. The van der Waals surface area contributed by atoms with E-state index in [1.165, 1.54) is 7.05 Å².